The van der Waals surface area contributed by atoms with Gasteiger partial charge in [0.25, 0.3) is 0 Å². The van der Waals surface area contributed by atoms with Crippen LogP contribution in [0.2, 0.25) is 0 Å². The molecule has 1 aliphatic carbocycles. The molecular weight excluding hydrogens is 235 g/mol. The molecule has 102 valence electrons. The minimum Gasteiger partial charge on any atom is -0.379 e. The topological polar surface area (TPSA) is 35.5 Å². The average molecular weight is 262 g/mol. The SMILES string of the molecule is CO[C@@H]1C[C@H](CC(C)C)CC[C@H]1OP(C)(C)=O. The van der Waals surface area contributed by atoms with Gasteiger partial charge in [-0.05, 0) is 37.5 Å². The molecule has 0 unspecified atom stereocenters. The van der Waals surface area contributed by atoms with E-state index in [-0.39, 0.29) is 12.2 Å². The predicted octanol–water partition coefficient (Wildman–Crippen LogP) is 3.77. The van der Waals surface area contributed by atoms with Crippen LogP contribution >= 0.6 is 7.37 Å². The van der Waals surface area contributed by atoms with Gasteiger partial charge >= 0.3 is 0 Å². The third-order valence-electron chi connectivity index (χ3n) is 3.34. The highest BCUT2D eigenvalue weighted by molar-refractivity contribution is 7.57. The molecule has 0 aromatic heterocycles. The van der Waals surface area contributed by atoms with Crippen LogP contribution in [0.5, 0.6) is 0 Å². The Bertz CT molecular complexity index is 272. The highest BCUT2D eigenvalue weighted by atomic mass is 31.2. The second kappa shape index (κ2) is 6.36. The number of hydrogen-bond donors (Lipinski definition) is 0. The lowest BCUT2D eigenvalue weighted by molar-refractivity contribution is -0.0388. The predicted molar refractivity (Wildman–Crippen MR) is 71.9 cm³/mol. The molecule has 0 radical (unpaired) electrons. The molecule has 1 fully saturated rings. The van der Waals surface area contributed by atoms with Crippen LogP contribution in [-0.4, -0.2) is 32.6 Å². The average Bonchev–Trinajstić information content (AvgIpc) is 2.17. The Balaban J connectivity index is 2.53. The summed E-state index contributed by atoms with van der Waals surface area (Å²) in [6.45, 7) is 7.88. The van der Waals surface area contributed by atoms with Gasteiger partial charge in [0.1, 0.15) is 0 Å². The summed E-state index contributed by atoms with van der Waals surface area (Å²) in [6.07, 6.45) is 4.57. The van der Waals surface area contributed by atoms with Crippen LogP contribution in [0, 0.1) is 11.8 Å². The van der Waals surface area contributed by atoms with Crippen molar-refractivity contribution in [3.05, 3.63) is 0 Å². The quantitative estimate of drug-likeness (QED) is 0.707. The fraction of sp³-hybridized carbons (Fsp3) is 1.00. The van der Waals surface area contributed by atoms with Crippen LogP contribution in [0.1, 0.15) is 39.5 Å². The van der Waals surface area contributed by atoms with Crippen molar-refractivity contribution in [3.8, 4) is 0 Å². The van der Waals surface area contributed by atoms with Crippen LogP contribution in [0.25, 0.3) is 0 Å². The minimum absolute atomic E-state index is 0.0178. The Morgan fingerprint density at radius 3 is 2.35 bits per heavy atom. The maximum absolute atomic E-state index is 11.7. The van der Waals surface area contributed by atoms with Gasteiger partial charge in [-0.25, -0.2) is 0 Å². The third kappa shape index (κ3) is 5.54. The molecule has 3 atom stereocenters. The Hall–Kier alpha value is 0.150. The maximum Gasteiger partial charge on any atom is 0.197 e. The molecule has 0 amide bonds. The summed E-state index contributed by atoms with van der Waals surface area (Å²) in [6, 6.07) is 0. The summed E-state index contributed by atoms with van der Waals surface area (Å²) in [5.41, 5.74) is 0. The van der Waals surface area contributed by atoms with E-state index in [9.17, 15) is 4.57 Å². The summed E-state index contributed by atoms with van der Waals surface area (Å²) >= 11 is 0. The molecule has 0 aromatic rings. The lowest BCUT2D eigenvalue weighted by Crippen LogP contribution is -2.37. The first-order valence-electron chi connectivity index (χ1n) is 6.58. The van der Waals surface area contributed by atoms with Crippen molar-refractivity contribution < 1.29 is 13.8 Å². The Morgan fingerprint density at radius 1 is 1.24 bits per heavy atom. The van der Waals surface area contributed by atoms with E-state index >= 15 is 0 Å². The van der Waals surface area contributed by atoms with Gasteiger partial charge in [-0.3, -0.25) is 4.57 Å². The van der Waals surface area contributed by atoms with Crippen molar-refractivity contribution >= 4 is 7.37 Å². The first-order valence-corrected chi connectivity index (χ1v) is 9.10. The van der Waals surface area contributed by atoms with E-state index in [1.54, 1.807) is 20.4 Å². The van der Waals surface area contributed by atoms with Crippen molar-refractivity contribution in [1.29, 1.82) is 0 Å². The second-order valence-electron chi connectivity index (χ2n) is 5.98. The van der Waals surface area contributed by atoms with E-state index in [0.717, 1.165) is 24.7 Å². The van der Waals surface area contributed by atoms with Crippen LogP contribution in [0.4, 0.5) is 0 Å². The number of rotatable bonds is 5. The van der Waals surface area contributed by atoms with E-state index in [1.165, 1.54) is 12.8 Å². The van der Waals surface area contributed by atoms with Gasteiger partial charge < -0.3 is 9.26 Å². The molecule has 0 saturated heterocycles. The summed E-state index contributed by atoms with van der Waals surface area (Å²) in [7, 11) is -0.681. The Morgan fingerprint density at radius 2 is 1.88 bits per heavy atom. The first-order chi connectivity index (χ1) is 7.81. The first kappa shape index (κ1) is 15.2. The van der Waals surface area contributed by atoms with Gasteiger partial charge in [-0.15, -0.1) is 0 Å². The van der Waals surface area contributed by atoms with E-state index in [2.05, 4.69) is 13.8 Å². The zero-order valence-electron chi connectivity index (χ0n) is 11.8. The van der Waals surface area contributed by atoms with Crippen LogP contribution < -0.4 is 0 Å². The summed E-state index contributed by atoms with van der Waals surface area (Å²) < 4.78 is 22.9. The van der Waals surface area contributed by atoms with Crippen LogP contribution in [-0.2, 0) is 13.8 Å². The zero-order valence-corrected chi connectivity index (χ0v) is 12.7. The van der Waals surface area contributed by atoms with Crippen molar-refractivity contribution in [2.45, 2.75) is 51.7 Å². The number of hydrogen-bond acceptors (Lipinski definition) is 3. The van der Waals surface area contributed by atoms with Crippen molar-refractivity contribution in [2.75, 3.05) is 20.4 Å². The minimum atomic E-state index is -2.41. The van der Waals surface area contributed by atoms with Gasteiger partial charge in [0, 0.05) is 20.4 Å². The van der Waals surface area contributed by atoms with E-state index in [4.69, 9.17) is 9.26 Å². The fourth-order valence-electron chi connectivity index (χ4n) is 2.76. The Labute approximate surface area is 106 Å². The highest BCUT2D eigenvalue weighted by Gasteiger charge is 2.33. The maximum atomic E-state index is 11.7. The van der Waals surface area contributed by atoms with Crippen molar-refractivity contribution in [2.24, 2.45) is 11.8 Å². The normalized spacial score (nSPS) is 30.8. The number of methoxy groups -OCH3 is 1. The number of ether oxygens (including phenoxy) is 1. The van der Waals surface area contributed by atoms with Crippen LogP contribution in [0.3, 0.4) is 0 Å². The largest absolute Gasteiger partial charge is 0.379 e. The smallest absolute Gasteiger partial charge is 0.197 e. The Kier molecular flexibility index (Phi) is 5.69. The monoisotopic (exact) mass is 262 g/mol. The summed E-state index contributed by atoms with van der Waals surface area (Å²) in [5.74, 6) is 1.46. The van der Waals surface area contributed by atoms with Gasteiger partial charge in [-0.2, -0.15) is 0 Å². The van der Waals surface area contributed by atoms with Gasteiger partial charge in [-0.1, -0.05) is 13.8 Å². The molecule has 1 aliphatic rings. The van der Waals surface area contributed by atoms with Gasteiger partial charge in [0.2, 0.25) is 0 Å². The molecule has 0 N–H and O–H groups in total. The zero-order chi connectivity index (χ0) is 13.1. The molecule has 17 heavy (non-hydrogen) atoms. The van der Waals surface area contributed by atoms with E-state index in [0.29, 0.717) is 0 Å². The van der Waals surface area contributed by atoms with Gasteiger partial charge in [0.05, 0.1) is 12.2 Å². The van der Waals surface area contributed by atoms with Crippen LogP contribution in [0.15, 0.2) is 0 Å². The molecule has 0 spiro atoms. The van der Waals surface area contributed by atoms with Crippen molar-refractivity contribution in [1.82, 2.24) is 0 Å². The molecule has 0 aromatic carbocycles. The second-order valence-corrected chi connectivity index (χ2v) is 8.69. The van der Waals surface area contributed by atoms with E-state index in [1.807, 2.05) is 0 Å². The molecular formula is C13H27O3P. The molecule has 1 saturated carbocycles. The third-order valence-corrected chi connectivity index (χ3v) is 4.11. The lowest BCUT2D eigenvalue weighted by atomic mass is 9.81. The molecule has 3 nitrogen and oxygen atoms in total. The molecule has 0 heterocycles. The molecule has 4 heteroatoms. The van der Waals surface area contributed by atoms with Gasteiger partial charge in [0.15, 0.2) is 7.37 Å². The molecule has 0 aliphatic heterocycles. The van der Waals surface area contributed by atoms with E-state index < -0.39 is 7.37 Å². The standard InChI is InChI=1S/C13H27O3P/c1-10(2)8-11-6-7-12(13(9-11)15-3)16-17(4,5)14/h10-13H,6-9H2,1-5H3/t11-,12+,13+/m0/s1. The highest BCUT2D eigenvalue weighted by Crippen LogP contribution is 2.44. The summed E-state index contributed by atoms with van der Waals surface area (Å²) in [5, 5.41) is 0. The van der Waals surface area contributed by atoms with Crippen molar-refractivity contribution in [3.63, 3.8) is 0 Å². The molecule has 1 rings (SSSR count). The summed E-state index contributed by atoms with van der Waals surface area (Å²) in [4.78, 5) is 0. The lowest BCUT2D eigenvalue weighted by Gasteiger charge is -2.36. The fourth-order valence-corrected chi connectivity index (χ4v) is 3.65. The molecule has 0 bridgehead atoms.